The van der Waals surface area contributed by atoms with Gasteiger partial charge in [0.2, 0.25) is 0 Å². The van der Waals surface area contributed by atoms with Gasteiger partial charge in [0.1, 0.15) is 11.5 Å². The van der Waals surface area contributed by atoms with Crippen LogP contribution < -0.4 is 9.47 Å². The van der Waals surface area contributed by atoms with E-state index in [0.29, 0.717) is 18.0 Å². The van der Waals surface area contributed by atoms with E-state index in [9.17, 15) is 9.59 Å². The number of likely N-dealkylation sites (tertiary alicyclic amines) is 1. The monoisotopic (exact) mass is 377 g/mol. The highest BCUT2D eigenvalue weighted by atomic mass is 16.6. The number of hydrogen-bond donors (Lipinski definition) is 0. The minimum Gasteiger partial charge on any atom is -0.497 e. The Morgan fingerprint density at radius 1 is 1.33 bits per heavy atom. The fraction of sp³-hybridized carbons (Fsp3) is 0.500. The molecule has 1 aromatic carbocycles. The van der Waals surface area contributed by atoms with Gasteiger partial charge >= 0.3 is 5.97 Å². The largest absolute Gasteiger partial charge is 0.497 e. The van der Waals surface area contributed by atoms with Crippen molar-refractivity contribution in [3.05, 3.63) is 36.4 Å². The summed E-state index contributed by atoms with van der Waals surface area (Å²) in [5, 5.41) is 0. The number of benzene rings is 1. The number of methoxy groups -OCH3 is 2. The highest BCUT2D eigenvalue weighted by Gasteiger charge is 2.32. The van der Waals surface area contributed by atoms with Gasteiger partial charge in [-0.1, -0.05) is 6.08 Å². The molecule has 2 rings (SSSR count). The van der Waals surface area contributed by atoms with E-state index in [4.69, 9.17) is 18.9 Å². The molecule has 1 fully saturated rings. The van der Waals surface area contributed by atoms with Crippen LogP contribution in [-0.4, -0.2) is 56.9 Å². The molecule has 0 spiro atoms. The molecule has 1 heterocycles. The van der Waals surface area contributed by atoms with Gasteiger partial charge in [-0.2, -0.15) is 0 Å². The van der Waals surface area contributed by atoms with E-state index in [1.807, 2.05) is 18.2 Å². The molecule has 1 aromatic rings. The summed E-state index contributed by atoms with van der Waals surface area (Å²) < 4.78 is 21.1. The van der Waals surface area contributed by atoms with Crippen molar-refractivity contribution in [1.29, 1.82) is 0 Å². The molecule has 0 saturated carbocycles. The summed E-state index contributed by atoms with van der Waals surface area (Å²) in [5.41, 5.74) is 0.886. The zero-order valence-corrected chi connectivity index (χ0v) is 16.1. The molecule has 2 unspecified atom stereocenters. The fourth-order valence-corrected chi connectivity index (χ4v) is 3.10. The van der Waals surface area contributed by atoms with Crippen molar-refractivity contribution in [2.75, 3.05) is 34.0 Å². The Balaban J connectivity index is 2.04. The molecule has 1 saturated heterocycles. The molecule has 27 heavy (non-hydrogen) atoms. The smallest absolute Gasteiger partial charge is 0.335 e. The zero-order chi connectivity index (χ0) is 19.8. The second-order valence-corrected chi connectivity index (χ2v) is 6.22. The van der Waals surface area contributed by atoms with Crippen LogP contribution in [0.3, 0.4) is 0 Å². The molecule has 0 aliphatic carbocycles. The van der Waals surface area contributed by atoms with Crippen LogP contribution in [0.25, 0.3) is 0 Å². The van der Waals surface area contributed by atoms with Crippen molar-refractivity contribution in [2.24, 2.45) is 0 Å². The normalized spacial score (nSPS) is 17.3. The van der Waals surface area contributed by atoms with Crippen LogP contribution in [-0.2, 0) is 19.1 Å². The van der Waals surface area contributed by atoms with Crippen LogP contribution >= 0.6 is 0 Å². The molecule has 2 atom stereocenters. The summed E-state index contributed by atoms with van der Waals surface area (Å²) in [4.78, 5) is 26.3. The predicted octanol–water partition coefficient (Wildman–Crippen LogP) is 2.50. The van der Waals surface area contributed by atoms with E-state index < -0.39 is 12.1 Å². The molecule has 0 bridgehead atoms. The molecule has 0 N–H and O–H groups in total. The Morgan fingerprint density at radius 2 is 2.11 bits per heavy atom. The first-order valence-electron chi connectivity index (χ1n) is 8.92. The molecule has 1 amide bonds. The summed E-state index contributed by atoms with van der Waals surface area (Å²) in [6, 6.07) is 5.38. The van der Waals surface area contributed by atoms with Crippen molar-refractivity contribution in [3.8, 4) is 11.5 Å². The molecule has 148 valence electrons. The molecular weight excluding hydrogens is 350 g/mol. The van der Waals surface area contributed by atoms with Gasteiger partial charge in [0.05, 0.1) is 26.9 Å². The minimum atomic E-state index is -0.747. The predicted molar refractivity (Wildman–Crippen MR) is 99.8 cm³/mol. The topological polar surface area (TPSA) is 74.3 Å². The minimum absolute atomic E-state index is 0.143. The van der Waals surface area contributed by atoms with E-state index >= 15 is 0 Å². The number of ether oxygens (including phenoxy) is 4. The van der Waals surface area contributed by atoms with E-state index in [1.54, 1.807) is 32.1 Å². The Hall–Kier alpha value is -2.54. The molecule has 7 heteroatoms. The first-order chi connectivity index (χ1) is 13.0. The standard InChI is InChI=1S/C20H27NO6/c1-5-11-26-14(2)20(23)27-13-19(22)21-10-6-7-17(21)16-12-15(24-3)8-9-18(16)25-4/h5,8-9,12,14,17H,1,6-7,10-11,13H2,2-4H3. The summed E-state index contributed by atoms with van der Waals surface area (Å²) >= 11 is 0. The van der Waals surface area contributed by atoms with Crippen molar-refractivity contribution in [3.63, 3.8) is 0 Å². The molecule has 0 radical (unpaired) electrons. The van der Waals surface area contributed by atoms with Crippen molar-refractivity contribution >= 4 is 11.9 Å². The lowest BCUT2D eigenvalue weighted by Crippen LogP contribution is -2.35. The van der Waals surface area contributed by atoms with E-state index in [-0.39, 0.29) is 25.2 Å². The number of carbonyl (C=O) groups excluding carboxylic acids is 2. The molecule has 0 aromatic heterocycles. The van der Waals surface area contributed by atoms with Crippen LogP contribution in [0.4, 0.5) is 0 Å². The summed E-state index contributed by atoms with van der Waals surface area (Å²) in [6.45, 7) is 5.63. The van der Waals surface area contributed by atoms with E-state index in [2.05, 4.69) is 6.58 Å². The molecule has 1 aliphatic rings. The second-order valence-electron chi connectivity index (χ2n) is 6.22. The third-order valence-corrected chi connectivity index (χ3v) is 4.50. The van der Waals surface area contributed by atoms with Gasteiger partial charge in [0.25, 0.3) is 5.91 Å². The summed E-state index contributed by atoms with van der Waals surface area (Å²) in [7, 11) is 3.19. The van der Waals surface area contributed by atoms with Crippen LogP contribution in [0.2, 0.25) is 0 Å². The third-order valence-electron chi connectivity index (χ3n) is 4.50. The maximum absolute atomic E-state index is 12.6. The number of rotatable bonds is 9. The number of amides is 1. The lowest BCUT2D eigenvalue weighted by Gasteiger charge is -2.26. The fourth-order valence-electron chi connectivity index (χ4n) is 3.10. The Morgan fingerprint density at radius 3 is 2.78 bits per heavy atom. The second kappa shape index (κ2) is 9.97. The third kappa shape index (κ3) is 5.23. The average Bonchev–Trinajstić information content (AvgIpc) is 3.19. The van der Waals surface area contributed by atoms with Crippen molar-refractivity contribution < 1.29 is 28.5 Å². The molecule has 1 aliphatic heterocycles. The van der Waals surface area contributed by atoms with Gasteiger partial charge in [-0.05, 0) is 38.0 Å². The van der Waals surface area contributed by atoms with E-state index in [0.717, 1.165) is 18.4 Å². The van der Waals surface area contributed by atoms with Gasteiger partial charge < -0.3 is 23.8 Å². The number of esters is 1. The molecule has 7 nitrogen and oxygen atoms in total. The Kier molecular flexibility index (Phi) is 7.67. The zero-order valence-electron chi connectivity index (χ0n) is 16.1. The SMILES string of the molecule is C=CCOC(C)C(=O)OCC(=O)N1CCCC1c1cc(OC)ccc1OC. The van der Waals surface area contributed by atoms with Crippen LogP contribution in [0.15, 0.2) is 30.9 Å². The van der Waals surface area contributed by atoms with Crippen molar-refractivity contribution in [1.82, 2.24) is 4.90 Å². The van der Waals surface area contributed by atoms with Crippen molar-refractivity contribution in [2.45, 2.75) is 31.9 Å². The number of nitrogens with zero attached hydrogens (tertiary/aromatic N) is 1. The van der Waals surface area contributed by atoms with Gasteiger partial charge in [-0.25, -0.2) is 4.79 Å². The quantitative estimate of drug-likeness (QED) is 0.486. The maximum atomic E-state index is 12.6. The van der Waals surface area contributed by atoms with Gasteiger partial charge in [-0.15, -0.1) is 6.58 Å². The highest BCUT2D eigenvalue weighted by molar-refractivity contribution is 5.82. The average molecular weight is 377 g/mol. The van der Waals surface area contributed by atoms with Crippen LogP contribution in [0, 0.1) is 0 Å². The summed E-state index contributed by atoms with van der Waals surface area (Å²) in [5.74, 6) is 0.584. The number of carbonyl (C=O) groups is 2. The number of hydrogen-bond acceptors (Lipinski definition) is 6. The van der Waals surface area contributed by atoms with Gasteiger partial charge in [0, 0.05) is 12.1 Å². The van der Waals surface area contributed by atoms with Gasteiger partial charge in [-0.3, -0.25) is 4.79 Å². The Labute approximate surface area is 159 Å². The highest BCUT2D eigenvalue weighted by Crippen LogP contribution is 2.38. The maximum Gasteiger partial charge on any atom is 0.335 e. The van der Waals surface area contributed by atoms with Gasteiger partial charge in [0.15, 0.2) is 12.7 Å². The first kappa shape index (κ1) is 20.8. The lowest BCUT2D eigenvalue weighted by molar-refractivity contribution is -0.160. The van der Waals surface area contributed by atoms with Crippen LogP contribution in [0.5, 0.6) is 11.5 Å². The lowest BCUT2D eigenvalue weighted by atomic mass is 10.0. The Bertz CT molecular complexity index is 674. The molecular formula is C20H27NO6. The summed E-state index contributed by atoms with van der Waals surface area (Å²) in [6.07, 6.45) is 2.47. The first-order valence-corrected chi connectivity index (χ1v) is 8.92. The van der Waals surface area contributed by atoms with E-state index in [1.165, 1.54) is 0 Å². The van der Waals surface area contributed by atoms with Crippen LogP contribution in [0.1, 0.15) is 31.4 Å².